The summed E-state index contributed by atoms with van der Waals surface area (Å²) in [4.78, 5) is 14.6. The number of halogens is 2. The summed E-state index contributed by atoms with van der Waals surface area (Å²) in [6, 6.07) is 4.95. The van der Waals surface area contributed by atoms with Crippen molar-refractivity contribution in [1.29, 1.82) is 0 Å². The van der Waals surface area contributed by atoms with Gasteiger partial charge in [0.15, 0.2) is 6.61 Å². The lowest BCUT2D eigenvalue weighted by Gasteiger charge is -2.32. The number of carbonyl (C=O) groups excluding carboxylic acids is 1. The Morgan fingerprint density at radius 2 is 1.89 bits per heavy atom. The summed E-state index contributed by atoms with van der Waals surface area (Å²) in [6.45, 7) is 2.37. The van der Waals surface area contributed by atoms with Crippen LogP contribution in [0.1, 0.15) is 49.7 Å². The highest BCUT2D eigenvalue weighted by Crippen LogP contribution is 2.28. The summed E-state index contributed by atoms with van der Waals surface area (Å²) in [5, 5.41) is 9.87. The zero-order chi connectivity index (χ0) is 19.5. The number of hydrogen-bond acceptors (Lipinski definition) is 4. The molecule has 1 fully saturated rings. The molecule has 0 N–H and O–H groups in total. The van der Waals surface area contributed by atoms with Crippen LogP contribution in [0.25, 0.3) is 0 Å². The third-order valence-corrected chi connectivity index (χ3v) is 5.91. The molecule has 2 aromatic rings. The van der Waals surface area contributed by atoms with Crippen molar-refractivity contribution in [3.8, 4) is 5.75 Å². The fourth-order valence-corrected chi connectivity index (χ4v) is 4.58. The van der Waals surface area contributed by atoms with E-state index in [2.05, 4.69) is 14.8 Å². The van der Waals surface area contributed by atoms with Crippen LogP contribution in [-0.2, 0) is 17.8 Å². The Labute approximate surface area is 174 Å². The molecular weight excluding hydrogens is 399 g/mol. The molecule has 0 spiro atoms. The minimum absolute atomic E-state index is 0.0265. The molecule has 0 saturated carbocycles. The first-order valence-corrected chi connectivity index (χ1v) is 10.6. The molecule has 4 rings (SSSR count). The molecule has 0 bridgehead atoms. The van der Waals surface area contributed by atoms with Crippen molar-refractivity contribution in [2.24, 2.45) is 0 Å². The van der Waals surface area contributed by atoms with Gasteiger partial charge in [-0.15, -0.1) is 10.2 Å². The molecule has 6 nitrogen and oxygen atoms in total. The quantitative estimate of drug-likeness (QED) is 0.743. The van der Waals surface area contributed by atoms with Crippen LogP contribution < -0.4 is 4.74 Å². The van der Waals surface area contributed by atoms with Gasteiger partial charge in [-0.2, -0.15) is 0 Å². The van der Waals surface area contributed by atoms with E-state index in [-0.39, 0.29) is 18.4 Å². The summed E-state index contributed by atoms with van der Waals surface area (Å²) < 4.78 is 7.91. The number of ether oxygens (including phenoxy) is 1. The van der Waals surface area contributed by atoms with Crippen LogP contribution in [0.5, 0.6) is 5.75 Å². The standard InChI is InChI=1S/C20H24Cl2N4O2/c21-15-9-16(22)11-17(10-15)28-13-19(27)25-7-4-5-14(12-25)20-24-23-18-6-2-1-3-8-26(18)20/h9-11,14H,1-8,12-13H2. The lowest BCUT2D eigenvalue weighted by Crippen LogP contribution is -2.42. The molecule has 2 aliphatic rings. The van der Waals surface area contributed by atoms with Gasteiger partial charge in [0.2, 0.25) is 0 Å². The van der Waals surface area contributed by atoms with E-state index in [0.29, 0.717) is 22.3 Å². The minimum atomic E-state index is -0.0311. The van der Waals surface area contributed by atoms with Crippen LogP contribution in [0.4, 0.5) is 0 Å². The van der Waals surface area contributed by atoms with E-state index in [4.69, 9.17) is 27.9 Å². The maximum Gasteiger partial charge on any atom is 0.260 e. The number of rotatable bonds is 4. The van der Waals surface area contributed by atoms with Crippen molar-refractivity contribution < 1.29 is 9.53 Å². The lowest BCUT2D eigenvalue weighted by atomic mass is 9.97. The van der Waals surface area contributed by atoms with Crippen LogP contribution in [0.15, 0.2) is 18.2 Å². The topological polar surface area (TPSA) is 60.2 Å². The van der Waals surface area contributed by atoms with Gasteiger partial charge in [-0.3, -0.25) is 4.79 Å². The van der Waals surface area contributed by atoms with E-state index in [1.165, 1.54) is 19.3 Å². The molecule has 8 heteroatoms. The number of aromatic nitrogens is 3. The summed E-state index contributed by atoms with van der Waals surface area (Å²) in [5.74, 6) is 2.84. The van der Waals surface area contributed by atoms with Crippen LogP contribution in [0.3, 0.4) is 0 Å². The molecule has 3 heterocycles. The van der Waals surface area contributed by atoms with Gasteiger partial charge in [-0.25, -0.2) is 0 Å². The Balaban J connectivity index is 1.39. The molecule has 2 aliphatic heterocycles. The molecule has 1 unspecified atom stereocenters. The van der Waals surface area contributed by atoms with Crippen LogP contribution in [-0.4, -0.2) is 45.3 Å². The molecule has 1 saturated heterocycles. The first kappa shape index (κ1) is 19.5. The zero-order valence-electron chi connectivity index (χ0n) is 15.7. The summed E-state index contributed by atoms with van der Waals surface area (Å²) in [7, 11) is 0. The fourth-order valence-electron chi connectivity index (χ4n) is 4.07. The molecule has 0 radical (unpaired) electrons. The fraction of sp³-hybridized carbons (Fsp3) is 0.550. The third-order valence-electron chi connectivity index (χ3n) is 5.48. The van der Waals surface area contributed by atoms with Crippen molar-refractivity contribution in [2.75, 3.05) is 19.7 Å². The van der Waals surface area contributed by atoms with Gasteiger partial charge in [0.25, 0.3) is 5.91 Å². The van der Waals surface area contributed by atoms with Gasteiger partial charge >= 0.3 is 0 Å². The van der Waals surface area contributed by atoms with Gasteiger partial charge < -0.3 is 14.2 Å². The number of likely N-dealkylation sites (tertiary alicyclic amines) is 1. The molecule has 1 aromatic carbocycles. The Kier molecular flexibility index (Phi) is 6.07. The highest BCUT2D eigenvalue weighted by molar-refractivity contribution is 6.34. The first-order valence-electron chi connectivity index (χ1n) is 9.89. The molecular formula is C20H24Cl2N4O2. The molecule has 0 aliphatic carbocycles. The van der Waals surface area contributed by atoms with E-state index < -0.39 is 0 Å². The first-order chi connectivity index (χ1) is 13.6. The smallest absolute Gasteiger partial charge is 0.260 e. The van der Waals surface area contributed by atoms with Gasteiger partial charge in [0.05, 0.1) is 0 Å². The van der Waals surface area contributed by atoms with E-state index in [0.717, 1.165) is 44.0 Å². The normalized spacial score (nSPS) is 19.8. The van der Waals surface area contributed by atoms with Crippen molar-refractivity contribution in [2.45, 2.75) is 51.0 Å². The molecule has 28 heavy (non-hydrogen) atoms. The lowest BCUT2D eigenvalue weighted by molar-refractivity contribution is -0.134. The number of amides is 1. The second-order valence-corrected chi connectivity index (χ2v) is 8.38. The Morgan fingerprint density at radius 3 is 2.71 bits per heavy atom. The number of carbonyl (C=O) groups is 1. The highest BCUT2D eigenvalue weighted by Gasteiger charge is 2.29. The zero-order valence-corrected chi connectivity index (χ0v) is 17.3. The summed E-state index contributed by atoms with van der Waals surface area (Å²) >= 11 is 12.0. The van der Waals surface area contributed by atoms with Gasteiger partial charge in [-0.1, -0.05) is 29.6 Å². The maximum absolute atomic E-state index is 12.7. The van der Waals surface area contributed by atoms with E-state index in [1.807, 2.05) is 4.90 Å². The van der Waals surface area contributed by atoms with Gasteiger partial charge in [0, 0.05) is 42.0 Å². The number of piperidine rings is 1. The molecule has 150 valence electrons. The van der Waals surface area contributed by atoms with Crippen molar-refractivity contribution in [1.82, 2.24) is 19.7 Å². The van der Waals surface area contributed by atoms with E-state index in [1.54, 1.807) is 18.2 Å². The maximum atomic E-state index is 12.7. The molecule has 1 amide bonds. The number of hydrogen-bond donors (Lipinski definition) is 0. The summed E-state index contributed by atoms with van der Waals surface area (Å²) in [5.41, 5.74) is 0. The van der Waals surface area contributed by atoms with Crippen molar-refractivity contribution in [3.05, 3.63) is 39.9 Å². The van der Waals surface area contributed by atoms with Crippen LogP contribution in [0, 0.1) is 0 Å². The van der Waals surface area contributed by atoms with E-state index >= 15 is 0 Å². The minimum Gasteiger partial charge on any atom is -0.484 e. The largest absolute Gasteiger partial charge is 0.484 e. The van der Waals surface area contributed by atoms with Crippen molar-refractivity contribution >= 4 is 29.1 Å². The Bertz CT molecular complexity index is 834. The highest BCUT2D eigenvalue weighted by atomic mass is 35.5. The number of fused-ring (bicyclic) bond motifs is 1. The second-order valence-electron chi connectivity index (χ2n) is 7.51. The van der Waals surface area contributed by atoms with Crippen molar-refractivity contribution in [3.63, 3.8) is 0 Å². The van der Waals surface area contributed by atoms with Gasteiger partial charge in [0.1, 0.15) is 17.4 Å². The second kappa shape index (κ2) is 8.70. The predicted octanol–water partition coefficient (Wildman–Crippen LogP) is 4.10. The number of benzene rings is 1. The SMILES string of the molecule is O=C(COc1cc(Cl)cc(Cl)c1)N1CCCC(c2nnc3n2CCCCC3)C1. The summed E-state index contributed by atoms with van der Waals surface area (Å²) in [6.07, 6.45) is 6.58. The van der Waals surface area contributed by atoms with Crippen LogP contribution in [0.2, 0.25) is 10.0 Å². The average molecular weight is 423 g/mol. The Hall–Kier alpha value is -1.79. The van der Waals surface area contributed by atoms with Crippen LogP contribution >= 0.6 is 23.2 Å². The average Bonchev–Trinajstić information content (AvgIpc) is 2.94. The molecule has 1 aromatic heterocycles. The van der Waals surface area contributed by atoms with Gasteiger partial charge in [-0.05, 0) is 43.9 Å². The monoisotopic (exact) mass is 422 g/mol. The number of aryl methyl sites for hydroxylation is 1. The Morgan fingerprint density at radius 1 is 1.07 bits per heavy atom. The third kappa shape index (κ3) is 4.44. The number of nitrogens with zero attached hydrogens (tertiary/aromatic N) is 4. The predicted molar refractivity (Wildman–Crippen MR) is 108 cm³/mol. The van der Waals surface area contributed by atoms with E-state index in [9.17, 15) is 4.79 Å². The molecule has 1 atom stereocenters.